The fourth-order valence-corrected chi connectivity index (χ4v) is 10.1. The quantitative estimate of drug-likeness (QED) is 0.244. The van der Waals surface area contributed by atoms with Crippen LogP contribution >= 0.6 is 0 Å². The first-order valence-electron chi connectivity index (χ1n) is 14.5. The molecule has 0 bridgehead atoms. The molecular weight excluding hydrogens is 512 g/mol. The minimum Gasteiger partial charge on any atom is -0.393 e. The molecule has 0 saturated heterocycles. The van der Waals surface area contributed by atoms with Crippen LogP contribution in [0.15, 0.2) is 0 Å². The van der Waals surface area contributed by atoms with Crippen molar-refractivity contribution in [3.8, 4) is 0 Å². The molecule has 0 amide bonds. The molecule has 0 heterocycles. The van der Waals surface area contributed by atoms with E-state index >= 15 is 0 Å². The predicted molar refractivity (Wildman–Crippen MR) is 141 cm³/mol. The molecule has 222 valence electrons. The smallest absolute Gasteiger partial charge is 0.393 e. The van der Waals surface area contributed by atoms with Gasteiger partial charge in [0.1, 0.15) is 0 Å². The third-order valence-corrected chi connectivity index (χ3v) is 12.6. The van der Waals surface area contributed by atoms with E-state index < -0.39 is 45.8 Å². The summed E-state index contributed by atoms with van der Waals surface area (Å²) in [5.74, 6) is -0.0862. The third-order valence-electron chi connectivity index (χ3n) is 12.1. The number of hydrogen-bond donors (Lipinski definition) is 6. The predicted octanol–water partition coefficient (Wildman–Crippen LogP) is 2.54. The second-order valence-corrected chi connectivity index (χ2v) is 15.2. The SMILES string of the molecule is C[C@H](CC[C@@H](C)[C@H](C)COS(=O)(=O)O)[C@H]1[C@@H](O)[C@H](O)C2C3C[C@@H](O)[C@@]4(O)C[C@@H](O)CC[C@]4(C)C3CC[C@@]21C. The maximum atomic E-state index is 11.7. The second-order valence-electron chi connectivity index (χ2n) is 14.1. The highest BCUT2D eigenvalue weighted by Crippen LogP contribution is 2.69. The lowest BCUT2D eigenvalue weighted by atomic mass is 9.42. The fraction of sp³-hybridized carbons (Fsp3) is 1.00. The van der Waals surface area contributed by atoms with E-state index in [2.05, 4.69) is 18.0 Å². The largest absolute Gasteiger partial charge is 0.397 e. The molecule has 3 unspecified atom stereocenters. The molecule has 10 heteroatoms. The minimum absolute atomic E-state index is 0.0253. The summed E-state index contributed by atoms with van der Waals surface area (Å²) in [6.07, 6.45) is 1.60. The van der Waals surface area contributed by atoms with E-state index in [0.29, 0.717) is 19.3 Å². The maximum absolute atomic E-state index is 11.7. The molecule has 0 spiro atoms. The Morgan fingerprint density at radius 1 is 0.947 bits per heavy atom. The average molecular weight is 563 g/mol. The van der Waals surface area contributed by atoms with Gasteiger partial charge >= 0.3 is 10.4 Å². The molecule has 4 rings (SSSR count). The lowest BCUT2D eigenvalue weighted by Crippen LogP contribution is -2.69. The molecule has 0 radical (unpaired) electrons. The van der Waals surface area contributed by atoms with Gasteiger partial charge in [0, 0.05) is 11.8 Å². The van der Waals surface area contributed by atoms with Gasteiger partial charge in [0.2, 0.25) is 0 Å². The van der Waals surface area contributed by atoms with Gasteiger partial charge in [-0.25, -0.2) is 4.18 Å². The van der Waals surface area contributed by atoms with Gasteiger partial charge < -0.3 is 25.5 Å². The Bertz CT molecular complexity index is 960. The molecule has 14 atom stereocenters. The third kappa shape index (κ3) is 4.99. The fourth-order valence-electron chi connectivity index (χ4n) is 9.72. The molecule has 4 saturated carbocycles. The Labute approximate surface area is 227 Å². The van der Waals surface area contributed by atoms with E-state index in [0.717, 1.165) is 25.7 Å². The van der Waals surface area contributed by atoms with E-state index in [4.69, 9.17) is 4.55 Å². The molecule has 38 heavy (non-hydrogen) atoms. The lowest BCUT2D eigenvalue weighted by molar-refractivity contribution is -0.268. The van der Waals surface area contributed by atoms with Gasteiger partial charge in [0.15, 0.2) is 0 Å². The highest BCUT2D eigenvalue weighted by molar-refractivity contribution is 7.80. The van der Waals surface area contributed by atoms with Crippen LogP contribution in [0.4, 0.5) is 0 Å². The van der Waals surface area contributed by atoms with E-state index in [-0.39, 0.29) is 59.9 Å². The van der Waals surface area contributed by atoms with Crippen LogP contribution in [-0.2, 0) is 14.6 Å². The normalized spacial score (nSPS) is 49.4. The Kier molecular flexibility index (Phi) is 8.46. The number of fused-ring (bicyclic) bond motifs is 5. The summed E-state index contributed by atoms with van der Waals surface area (Å²) in [6.45, 7) is 10.2. The maximum Gasteiger partial charge on any atom is 0.397 e. The molecule has 0 aromatic carbocycles. The van der Waals surface area contributed by atoms with Crippen LogP contribution in [-0.4, -0.2) is 75.1 Å². The zero-order chi connectivity index (χ0) is 28.4. The lowest BCUT2D eigenvalue weighted by Gasteiger charge is -2.65. The summed E-state index contributed by atoms with van der Waals surface area (Å²) in [4.78, 5) is 0. The molecule has 0 aliphatic heterocycles. The number of hydrogen-bond acceptors (Lipinski definition) is 8. The van der Waals surface area contributed by atoms with Crippen molar-refractivity contribution in [1.82, 2.24) is 0 Å². The van der Waals surface area contributed by atoms with Crippen molar-refractivity contribution in [2.24, 2.45) is 52.3 Å². The highest BCUT2D eigenvalue weighted by atomic mass is 32.3. The summed E-state index contributed by atoms with van der Waals surface area (Å²) in [7, 11) is -4.47. The first-order valence-corrected chi connectivity index (χ1v) is 15.9. The van der Waals surface area contributed by atoms with Gasteiger partial charge in [-0.15, -0.1) is 0 Å². The van der Waals surface area contributed by atoms with E-state index in [1.54, 1.807) is 0 Å². The Morgan fingerprint density at radius 2 is 1.61 bits per heavy atom. The molecule has 4 aliphatic rings. The average Bonchev–Trinajstić information content (AvgIpc) is 3.02. The van der Waals surface area contributed by atoms with E-state index in [9.17, 15) is 34.0 Å². The zero-order valence-electron chi connectivity index (χ0n) is 23.5. The zero-order valence-corrected chi connectivity index (χ0v) is 24.3. The molecule has 0 aromatic heterocycles. The van der Waals surface area contributed by atoms with Crippen molar-refractivity contribution in [2.45, 2.75) is 116 Å². The Hall–Kier alpha value is -0.330. The first-order chi connectivity index (χ1) is 17.5. The summed E-state index contributed by atoms with van der Waals surface area (Å²) >= 11 is 0. The highest BCUT2D eigenvalue weighted by Gasteiger charge is 2.70. The van der Waals surface area contributed by atoms with Crippen molar-refractivity contribution in [1.29, 1.82) is 0 Å². The molecule has 9 nitrogen and oxygen atoms in total. The van der Waals surface area contributed by atoms with Crippen LogP contribution in [0.1, 0.15) is 86.0 Å². The first kappa shape index (κ1) is 30.6. The summed E-state index contributed by atoms with van der Waals surface area (Å²) in [5, 5.41) is 56.1. The summed E-state index contributed by atoms with van der Waals surface area (Å²) < 4.78 is 35.3. The number of aliphatic hydroxyl groups excluding tert-OH is 4. The van der Waals surface area contributed by atoms with Crippen LogP contribution in [0.3, 0.4) is 0 Å². The van der Waals surface area contributed by atoms with Crippen LogP contribution in [0.25, 0.3) is 0 Å². The van der Waals surface area contributed by atoms with Crippen molar-refractivity contribution in [3.05, 3.63) is 0 Å². The van der Waals surface area contributed by atoms with Crippen LogP contribution in [0.2, 0.25) is 0 Å². The van der Waals surface area contributed by atoms with E-state index in [1.165, 1.54) is 0 Å². The van der Waals surface area contributed by atoms with Crippen molar-refractivity contribution >= 4 is 10.4 Å². The summed E-state index contributed by atoms with van der Waals surface area (Å²) in [6, 6.07) is 0. The monoisotopic (exact) mass is 562 g/mol. The van der Waals surface area contributed by atoms with Crippen molar-refractivity contribution in [2.75, 3.05) is 6.61 Å². The Morgan fingerprint density at radius 3 is 2.24 bits per heavy atom. The standard InChI is InChI=1S/C28H50O9S/c1-15(17(3)14-37-38(34,35)36)6-7-16(2)22-24(31)25(32)23-19-12-21(30)28(33)13-18(29)8-11-27(28,5)20(19)9-10-26(22,23)4/h15-25,29-33H,6-14H2,1-5H3,(H,34,35,36)/t15-,16-,17-,18+,19?,20?,21-,22+,23?,24-,25-,26-,27-,28+/m1/s1. The van der Waals surface area contributed by atoms with Gasteiger partial charge in [0.25, 0.3) is 0 Å². The molecule has 4 fully saturated rings. The van der Waals surface area contributed by atoms with Crippen LogP contribution < -0.4 is 0 Å². The molecule has 0 aromatic rings. The van der Waals surface area contributed by atoms with Gasteiger partial charge in [0.05, 0.1) is 36.6 Å². The molecular formula is C28H50O9S. The van der Waals surface area contributed by atoms with Gasteiger partial charge in [-0.1, -0.05) is 47.5 Å². The van der Waals surface area contributed by atoms with Gasteiger partial charge in [-0.3, -0.25) is 4.55 Å². The van der Waals surface area contributed by atoms with Crippen molar-refractivity contribution < 1.29 is 42.7 Å². The van der Waals surface area contributed by atoms with E-state index in [1.807, 2.05) is 20.8 Å². The number of aliphatic hydroxyl groups is 5. The summed E-state index contributed by atoms with van der Waals surface area (Å²) in [5.41, 5.74) is -2.22. The Balaban J connectivity index is 1.50. The molecule has 6 N–H and O–H groups in total. The van der Waals surface area contributed by atoms with Crippen LogP contribution in [0, 0.1) is 52.3 Å². The number of rotatable bonds is 8. The van der Waals surface area contributed by atoms with Crippen LogP contribution in [0.5, 0.6) is 0 Å². The molecule has 4 aliphatic carbocycles. The van der Waals surface area contributed by atoms with Gasteiger partial charge in [-0.2, -0.15) is 8.42 Å². The second kappa shape index (κ2) is 10.5. The van der Waals surface area contributed by atoms with Crippen molar-refractivity contribution in [3.63, 3.8) is 0 Å². The minimum atomic E-state index is -4.47. The van der Waals surface area contributed by atoms with Gasteiger partial charge in [-0.05, 0) is 78.9 Å². The topological polar surface area (TPSA) is 165 Å².